The zero-order chi connectivity index (χ0) is 72.1. The number of hydrogen-bond acceptors (Lipinski definition) is 24. The van der Waals surface area contributed by atoms with Crippen molar-refractivity contribution < 1.29 is 111 Å². The van der Waals surface area contributed by atoms with Gasteiger partial charge in [-0.2, -0.15) is 0 Å². The first kappa shape index (κ1) is 74.8. The molecule has 8 unspecified atom stereocenters. The van der Waals surface area contributed by atoms with Crippen molar-refractivity contribution in [3.05, 3.63) is 119 Å². The molecule has 3 aromatic rings. The molecule has 6 aliphatic rings. The van der Waals surface area contributed by atoms with Crippen LogP contribution in [-0.2, 0) is 76.3 Å². The Morgan fingerprint density at radius 2 is 1.31 bits per heavy atom. The van der Waals surface area contributed by atoms with Gasteiger partial charge in [-0.25, -0.2) is 9.59 Å². The molecule has 0 radical (unpaired) electrons. The van der Waals surface area contributed by atoms with E-state index in [2.05, 4.69) is 31.9 Å². The van der Waals surface area contributed by atoms with Crippen LogP contribution in [0, 0.1) is 16.7 Å². The minimum Gasteiger partial charge on any atom is -0.456 e. The van der Waals surface area contributed by atoms with Crippen molar-refractivity contribution in [1.29, 1.82) is 0 Å². The number of likely N-dealkylation sites (N-methyl/N-ethyl adjacent to an activating group) is 1. The summed E-state index contributed by atoms with van der Waals surface area (Å²) in [6, 6.07) is 19.7. The first-order valence-electron chi connectivity index (χ1n) is 33.0. The molecule has 9 rings (SSSR count). The SMILES string of the molecule is CNC(CCC(=O)NCC(C)=O)C(=O)NCC(=O)NC1CCC(NC(=O)C2OC(OC(C(=O)OC3C[C@@]4(O)[C@@H](OC(=O)c5ccccc5)[C@@H]5[C@]6(OC(C)=O)CO[C@@H]6C[C@H](O)[C@@]5(C)C(=O)[C@H](OC(C)=O)C(=C3C)C4(C)C)[C@@H](NC(=O)c3ccccc3)c3ccccc3)C(O)C(O)C2O)CC1. The second-order valence-corrected chi connectivity index (χ2v) is 27.1. The molecule has 0 aromatic heterocycles. The number of nitrogens with one attached hydrogen (secondary N) is 6. The number of fused-ring (bicyclic) bond motifs is 5. The zero-order valence-electron chi connectivity index (χ0n) is 56.3. The molecule has 2 aliphatic heterocycles. The molecule has 0 spiro atoms. The van der Waals surface area contributed by atoms with Gasteiger partial charge in [-0.3, -0.25) is 43.2 Å². The van der Waals surface area contributed by atoms with Gasteiger partial charge < -0.3 is 90.6 Å². The number of amides is 5. The molecule has 99 heavy (non-hydrogen) atoms. The molecule has 536 valence electrons. The van der Waals surface area contributed by atoms with E-state index < -0.39 is 192 Å². The molecule has 5 amide bonds. The Morgan fingerprint density at radius 3 is 1.89 bits per heavy atom. The van der Waals surface area contributed by atoms with Gasteiger partial charge in [0.25, 0.3) is 11.8 Å². The highest BCUT2D eigenvalue weighted by atomic mass is 16.7. The van der Waals surface area contributed by atoms with Crippen molar-refractivity contribution in [2.75, 3.05) is 26.7 Å². The molecule has 2 heterocycles. The lowest BCUT2D eigenvalue weighted by Gasteiger charge is -2.67. The second kappa shape index (κ2) is 31.0. The van der Waals surface area contributed by atoms with Gasteiger partial charge >= 0.3 is 23.9 Å². The van der Waals surface area contributed by atoms with Crippen LogP contribution in [0.25, 0.3) is 0 Å². The number of Topliss-reactive ketones (excluding diaryl/α,β-unsaturated/α-hetero) is 2. The predicted molar refractivity (Wildman–Crippen MR) is 344 cm³/mol. The topological polar surface area (TPSA) is 426 Å². The Bertz CT molecular complexity index is 3550. The maximum absolute atomic E-state index is 16.0. The molecule has 11 N–H and O–H groups in total. The highest BCUT2D eigenvalue weighted by Gasteiger charge is 2.78. The molecule has 2 bridgehead atoms. The largest absolute Gasteiger partial charge is 0.456 e. The third-order valence-corrected chi connectivity index (χ3v) is 20.3. The van der Waals surface area contributed by atoms with E-state index in [1.54, 1.807) is 54.6 Å². The summed E-state index contributed by atoms with van der Waals surface area (Å²) in [5, 5.41) is 77.7. The molecule has 29 heteroatoms. The van der Waals surface area contributed by atoms with Gasteiger partial charge in [-0.1, -0.05) is 80.6 Å². The van der Waals surface area contributed by atoms with Crippen molar-refractivity contribution in [2.45, 2.75) is 203 Å². The van der Waals surface area contributed by atoms with Crippen LogP contribution in [0.2, 0.25) is 0 Å². The summed E-state index contributed by atoms with van der Waals surface area (Å²) in [6.45, 7) is 8.27. The molecule has 5 fully saturated rings. The predicted octanol–water partition coefficient (Wildman–Crippen LogP) is 0.301. The van der Waals surface area contributed by atoms with E-state index >= 15 is 9.59 Å². The number of aliphatic hydroxyl groups excluding tert-OH is 4. The van der Waals surface area contributed by atoms with Gasteiger partial charge in [0, 0.05) is 56.2 Å². The van der Waals surface area contributed by atoms with Crippen LogP contribution in [0.1, 0.15) is 132 Å². The lowest BCUT2D eigenvalue weighted by molar-refractivity contribution is -0.346. The zero-order valence-corrected chi connectivity index (χ0v) is 56.3. The van der Waals surface area contributed by atoms with Crippen LogP contribution in [-0.4, -0.2) is 214 Å². The number of hydrogen-bond donors (Lipinski definition) is 11. The van der Waals surface area contributed by atoms with Crippen molar-refractivity contribution in [3.8, 4) is 0 Å². The quantitative estimate of drug-likeness (QED) is 0.0326. The van der Waals surface area contributed by atoms with Crippen molar-refractivity contribution in [3.63, 3.8) is 0 Å². The molecule has 17 atom stereocenters. The van der Waals surface area contributed by atoms with E-state index in [0.29, 0.717) is 12.8 Å². The van der Waals surface area contributed by atoms with E-state index in [9.17, 15) is 68.7 Å². The number of ketones is 2. The summed E-state index contributed by atoms with van der Waals surface area (Å²) in [5.74, 6) is -10.4. The fourth-order valence-corrected chi connectivity index (χ4v) is 14.9. The summed E-state index contributed by atoms with van der Waals surface area (Å²) < 4.78 is 43.7. The highest BCUT2D eigenvalue weighted by Crippen LogP contribution is 2.64. The highest BCUT2D eigenvalue weighted by molar-refractivity contribution is 5.97. The summed E-state index contributed by atoms with van der Waals surface area (Å²) in [6.07, 6.45) is -21.4. The van der Waals surface area contributed by atoms with E-state index in [1.165, 1.54) is 78.1 Å². The van der Waals surface area contributed by atoms with Crippen LogP contribution in [0.4, 0.5) is 0 Å². The van der Waals surface area contributed by atoms with Crippen LogP contribution in [0.3, 0.4) is 0 Å². The number of carbonyl (C=O) groups excluding carboxylic acids is 11. The summed E-state index contributed by atoms with van der Waals surface area (Å²) in [5.41, 5.74) is -8.50. The van der Waals surface area contributed by atoms with Crippen LogP contribution < -0.4 is 31.9 Å². The standard InChI is InChI=1S/C70H88N6O23/c1-35(77)32-72-48(81)29-28-44(71-8)62(88)73-33-49(82)74-42-24-26-43(27-25-42)75-63(89)57-53(84)52(83)54(85)66(97-57)96-56(51(39-18-12-9-13-19-39)76-61(87)40-20-14-10-15-21-40)65(91)95-45-31-70(92)60(98-64(90)41-22-16-11-17-23-41)58-68(7,46(80)30-47-69(58,34-93-47)99-38(4)79)59(86)55(94-37(3)78)50(36(45)2)67(70,5)6/h9-23,42-47,51-58,60,66,71,80,83-85,92H,24-34H2,1-8H3,(H,72,81)(H,73,88)(H,74,82)(H,75,89)(H,76,87)/t42?,43?,44?,45?,46-,47+,51-,52?,53?,54?,55+,56?,57?,58-,60-,66?,68+,69-,70+/m0/s1. The third kappa shape index (κ3) is 15.7. The van der Waals surface area contributed by atoms with Gasteiger partial charge in [0.05, 0.1) is 54.8 Å². The maximum atomic E-state index is 16.0. The Hall–Kier alpha value is -8.39. The van der Waals surface area contributed by atoms with Crippen molar-refractivity contribution in [2.24, 2.45) is 16.7 Å². The Kier molecular flexibility index (Phi) is 23.4. The number of carbonyl (C=O) groups is 11. The third-order valence-electron chi connectivity index (χ3n) is 20.3. The van der Waals surface area contributed by atoms with Crippen LogP contribution >= 0.6 is 0 Å². The van der Waals surface area contributed by atoms with Gasteiger partial charge in [0.1, 0.15) is 48.0 Å². The van der Waals surface area contributed by atoms with E-state index in [1.807, 2.05) is 0 Å². The number of esters is 4. The van der Waals surface area contributed by atoms with Crippen molar-refractivity contribution >= 4 is 65.0 Å². The van der Waals surface area contributed by atoms with Crippen LogP contribution in [0.15, 0.2) is 102 Å². The fraction of sp³-hybridized carbons (Fsp3) is 0.557. The monoisotopic (exact) mass is 1380 g/mol. The van der Waals surface area contributed by atoms with Gasteiger partial charge in [-0.15, -0.1) is 0 Å². The molecular weight excluding hydrogens is 1290 g/mol. The average Bonchev–Trinajstić information content (AvgIpc) is 0.669. The molecule has 3 aromatic carbocycles. The molecule has 29 nitrogen and oxygen atoms in total. The number of rotatable bonds is 24. The minimum atomic E-state index is -2.61. The number of ether oxygens (including phenoxy) is 7. The van der Waals surface area contributed by atoms with Gasteiger partial charge in [0.15, 0.2) is 36.0 Å². The van der Waals surface area contributed by atoms with E-state index in [-0.39, 0.29) is 78.8 Å². The Balaban J connectivity index is 1.02. The Morgan fingerprint density at radius 1 is 0.707 bits per heavy atom. The first-order chi connectivity index (χ1) is 46.9. The van der Waals surface area contributed by atoms with Crippen molar-refractivity contribution in [1.82, 2.24) is 31.9 Å². The average molecular weight is 1380 g/mol. The fourth-order valence-electron chi connectivity index (χ4n) is 14.9. The summed E-state index contributed by atoms with van der Waals surface area (Å²) in [4.78, 5) is 151. The molecular formula is C70H88N6O23. The summed E-state index contributed by atoms with van der Waals surface area (Å²) in [7, 11) is 1.52. The van der Waals surface area contributed by atoms with E-state index in [0.717, 1.165) is 13.8 Å². The molecule has 3 saturated carbocycles. The van der Waals surface area contributed by atoms with Gasteiger partial charge in [0.2, 0.25) is 17.7 Å². The normalized spacial score (nSPS) is 31.5. The molecule has 2 saturated heterocycles. The smallest absolute Gasteiger partial charge is 0.338 e. The van der Waals surface area contributed by atoms with E-state index in [4.69, 9.17) is 33.2 Å². The second-order valence-electron chi connectivity index (χ2n) is 27.1. The summed E-state index contributed by atoms with van der Waals surface area (Å²) >= 11 is 0. The first-order valence-corrected chi connectivity index (χ1v) is 33.0. The maximum Gasteiger partial charge on any atom is 0.338 e. The molecule has 4 aliphatic carbocycles. The number of benzene rings is 3. The van der Waals surface area contributed by atoms with Gasteiger partial charge in [-0.05, 0) is 101 Å². The number of aliphatic hydroxyl groups is 5. The minimum absolute atomic E-state index is 0.00763. The lowest BCUT2D eigenvalue weighted by atomic mass is 9.44. The lowest BCUT2D eigenvalue weighted by Crippen LogP contribution is -2.82. The van der Waals surface area contributed by atoms with Crippen LogP contribution in [0.5, 0.6) is 0 Å². The Labute approximate surface area is 571 Å².